The van der Waals surface area contributed by atoms with Crippen LogP contribution in [0.3, 0.4) is 0 Å². The maximum absolute atomic E-state index is 8.77. The Bertz CT molecular complexity index is 135. The van der Waals surface area contributed by atoms with Crippen LogP contribution in [0.2, 0.25) is 0 Å². The van der Waals surface area contributed by atoms with Gasteiger partial charge in [-0.15, -0.1) is 0 Å². The number of aliphatic hydroxyl groups is 1. The number of piperazine rings is 1. The molecule has 3 heteroatoms. The molecule has 1 fully saturated rings. The van der Waals surface area contributed by atoms with E-state index in [1.807, 2.05) is 0 Å². The minimum atomic E-state index is 0.342. The minimum Gasteiger partial charge on any atom is -0.396 e. The Morgan fingerprint density at radius 1 is 1.29 bits per heavy atom. The van der Waals surface area contributed by atoms with Crippen molar-refractivity contribution in [1.82, 2.24) is 10.2 Å². The molecule has 1 saturated heterocycles. The van der Waals surface area contributed by atoms with E-state index in [9.17, 15) is 0 Å². The van der Waals surface area contributed by atoms with Crippen LogP contribution in [0.1, 0.15) is 26.2 Å². The lowest BCUT2D eigenvalue weighted by Gasteiger charge is -2.27. The van der Waals surface area contributed by atoms with Crippen molar-refractivity contribution in [2.24, 2.45) is 5.92 Å². The first-order valence-electron chi connectivity index (χ1n) is 5.87. The maximum atomic E-state index is 8.77. The van der Waals surface area contributed by atoms with Gasteiger partial charge in [0.1, 0.15) is 0 Å². The van der Waals surface area contributed by atoms with Crippen LogP contribution >= 0.6 is 0 Å². The summed E-state index contributed by atoms with van der Waals surface area (Å²) >= 11 is 0. The smallest absolute Gasteiger partial charge is 0.0433 e. The van der Waals surface area contributed by atoms with E-state index >= 15 is 0 Å². The van der Waals surface area contributed by atoms with Gasteiger partial charge in [0.2, 0.25) is 0 Å². The van der Waals surface area contributed by atoms with Crippen LogP contribution in [0.5, 0.6) is 0 Å². The van der Waals surface area contributed by atoms with E-state index < -0.39 is 0 Å². The van der Waals surface area contributed by atoms with Crippen molar-refractivity contribution in [1.29, 1.82) is 0 Å². The maximum Gasteiger partial charge on any atom is 0.0433 e. The Kier molecular flexibility index (Phi) is 6.15. The minimum absolute atomic E-state index is 0.342. The number of aliphatic hydroxyl groups excluding tert-OH is 1. The van der Waals surface area contributed by atoms with Crippen molar-refractivity contribution < 1.29 is 5.11 Å². The lowest BCUT2D eigenvalue weighted by atomic mass is 10.0. The Balaban J connectivity index is 1.96. The summed E-state index contributed by atoms with van der Waals surface area (Å²) in [6.07, 6.45) is 3.49. The first-order valence-corrected chi connectivity index (χ1v) is 5.87. The molecule has 1 rings (SSSR count). The van der Waals surface area contributed by atoms with Crippen LogP contribution in [0, 0.1) is 5.92 Å². The molecule has 0 saturated carbocycles. The normalized spacial score (nSPS) is 21.0. The van der Waals surface area contributed by atoms with E-state index in [1.165, 1.54) is 32.5 Å². The zero-order valence-corrected chi connectivity index (χ0v) is 9.34. The largest absolute Gasteiger partial charge is 0.396 e. The van der Waals surface area contributed by atoms with Crippen LogP contribution in [0.25, 0.3) is 0 Å². The molecule has 0 amide bonds. The van der Waals surface area contributed by atoms with Gasteiger partial charge in [-0.3, -0.25) is 0 Å². The topological polar surface area (TPSA) is 35.5 Å². The van der Waals surface area contributed by atoms with E-state index in [-0.39, 0.29) is 0 Å². The fourth-order valence-corrected chi connectivity index (χ4v) is 1.96. The average Bonchev–Trinajstić information content (AvgIpc) is 2.20. The number of nitrogens with zero attached hydrogens (tertiary/aromatic N) is 1. The SMILES string of the molecule is CC(CCO)CCCN1CCNCC1. The highest BCUT2D eigenvalue weighted by Crippen LogP contribution is 2.10. The Labute approximate surface area is 87.5 Å². The van der Waals surface area contributed by atoms with E-state index in [1.54, 1.807) is 0 Å². The number of rotatable bonds is 6. The lowest BCUT2D eigenvalue weighted by molar-refractivity contribution is 0.222. The highest BCUT2D eigenvalue weighted by molar-refractivity contribution is 4.67. The number of hydrogen-bond donors (Lipinski definition) is 2. The second-order valence-corrected chi connectivity index (χ2v) is 4.35. The second kappa shape index (κ2) is 7.21. The molecule has 2 N–H and O–H groups in total. The van der Waals surface area contributed by atoms with Gasteiger partial charge in [-0.05, 0) is 31.7 Å². The molecule has 1 aliphatic heterocycles. The van der Waals surface area contributed by atoms with Gasteiger partial charge in [0, 0.05) is 32.8 Å². The first kappa shape index (κ1) is 12.0. The molecular weight excluding hydrogens is 176 g/mol. The molecule has 1 unspecified atom stereocenters. The molecule has 1 aliphatic rings. The molecule has 84 valence electrons. The number of nitrogens with one attached hydrogen (secondary N) is 1. The van der Waals surface area contributed by atoms with Crippen LogP contribution in [-0.2, 0) is 0 Å². The average molecular weight is 200 g/mol. The van der Waals surface area contributed by atoms with Gasteiger partial charge < -0.3 is 15.3 Å². The summed E-state index contributed by atoms with van der Waals surface area (Å²) in [4.78, 5) is 2.53. The monoisotopic (exact) mass is 200 g/mol. The molecule has 14 heavy (non-hydrogen) atoms. The van der Waals surface area contributed by atoms with Gasteiger partial charge in [0.05, 0.1) is 0 Å². The highest BCUT2D eigenvalue weighted by Gasteiger charge is 2.09. The van der Waals surface area contributed by atoms with Crippen molar-refractivity contribution in [3.63, 3.8) is 0 Å². The van der Waals surface area contributed by atoms with E-state index in [4.69, 9.17) is 5.11 Å². The van der Waals surface area contributed by atoms with E-state index in [0.29, 0.717) is 12.5 Å². The first-order chi connectivity index (χ1) is 6.83. The summed E-state index contributed by atoms with van der Waals surface area (Å²) in [6, 6.07) is 0. The molecule has 1 heterocycles. The van der Waals surface area contributed by atoms with Crippen LogP contribution < -0.4 is 5.32 Å². The Morgan fingerprint density at radius 3 is 2.64 bits per heavy atom. The third-order valence-electron chi connectivity index (χ3n) is 3.00. The fourth-order valence-electron chi connectivity index (χ4n) is 1.96. The predicted octanol–water partition coefficient (Wildman–Crippen LogP) is 0.690. The van der Waals surface area contributed by atoms with Crippen molar-refractivity contribution >= 4 is 0 Å². The Morgan fingerprint density at radius 2 is 2.00 bits per heavy atom. The molecular formula is C11H24N2O. The summed E-state index contributed by atoms with van der Waals surface area (Å²) in [5.41, 5.74) is 0. The fraction of sp³-hybridized carbons (Fsp3) is 1.00. The van der Waals surface area contributed by atoms with Crippen LogP contribution in [0.4, 0.5) is 0 Å². The highest BCUT2D eigenvalue weighted by atomic mass is 16.3. The summed E-state index contributed by atoms with van der Waals surface area (Å²) in [7, 11) is 0. The summed E-state index contributed by atoms with van der Waals surface area (Å²) in [5.74, 6) is 0.683. The van der Waals surface area contributed by atoms with E-state index in [2.05, 4.69) is 17.1 Å². The summed E-state index contributed by atoms with van der Waals surface area (Å²) in [5, 5.41) is 12.1. The molecule has 0 aromatic rings. The molecule has 0 aromatic carbocycles. The van der Waals surface area contributed by atoms with Crippen LogP contribution in [-0.4, -0.2) is 49.3 Å². The zero-order chi connectivity index (χ0) is 10.2. The van der Waals surface area contributed by atoms with Crippen molar-refractivity contribution in [3.05, 3.63) is 0 Å². The number of hydrogen-bond acceptors (Lipinski definition) is 3. The predicted molar refractivity (Wildman–Crippen MR) is 59.4 cm³/mol. The summed E-state index contributed by atoms with van der Waals surface area (Å²) < 4.78 is 0. The Hall–Kier alpha value is -0.120. The standard InChI is InChI=1S/C11H24N2O/c1-11(4-10-14)3-2-7-13-8-5-12-6-9-13/h11-12,14H,2-10H2,1H3. The molecule has 0 aliphatic carbocycles. The molecule has 0 aromatic heterocycles. The van der Waals surface area contributed by atoms with Crippen LogP contribution in [0.15, 0.2) is 0 Å². The third kappa shape index (κ3) is 4.94. The third-order valence-corrected chi connectivity index (χ3v) is 3.00. The second-order valence-electron chi connectivity index (χ2n) is 4.35. The molecule has 0 bridgehead atoms. The molecule has 0 radical (unpaired) electrons. The zero-order valence-electron chi connectivity index (χ0n) is 9.34. The van der Waals surface area contributed by atoms with E-state index in [0.717, 1.165) is 19.5 Å². The van der Waals surface area contributed by atoms with Gasteiger partial charge in [-0.1, -0.05) is 6.92 Å². The molecule has 1 atom stereocenters. The van der Waals surface area contributed by atoms with Gasteiger partial charge in [0.15, 0.2) is 0 Å². The quantitative estimate of drug-likeness (QED) is 0.662. The molecule has 3 nitrogen and oxygen atoms in total. The van der Waals surface area contributed by atoms with Gasteiger partial charge in [0.25, 0.3) is 0 Å². The van der Waals surface area contributed by atoms with Gasteiger partial charge in [-0.2, -0.15) is 0 Å². The van der Waals surface area contributed by atoms with Gasteiger partial charge >= 0.3 is 0 Å². The molecule has 0 spiro atoms. The summed E-state index contributed by atoms with van der Waals surface area (Å²) in [6.45, 7) is 8.50. The van der Waals surface area contributed by atoms with Gasteiger partial charge in [-0.25, -0.2) is 0 Å². The lowest BCUT2D eigenvalue weighted by Crippen LogP contribution is -2.43. The van der Waals surface area contributed by atoms with Crippen molar-refractivity contribution in [2.45, 2.75) is 26.2 Å². The van der Waals surface area contributed by atoms with Crippen molar-refractivity contribution in [2.75, 3.05) is 39.3 Å². The van der Waals surface area contributed by atoms with Crippen molar-refractivity contribution in [3.8, 4) is 0 Å².